The Morgan fingerprint density at radius 1 is 1.12 bits per heavy atom. The molecule has 1 aliphatic carbocycles. The molecule has 0 saturated heterocycles. The first-order chi connectivity index (χ1) is 15.5. The third-order valence-electron chi connectivity index (χ3n) is 5.50. The number of terminal acetylenes is 1. The number of hydrogen-bond acceptors (Lipinski definition) is 4. The Balaban J connectivity index is 2.27. The van der Waals surface area contributed by atoms with Gasteiger partial charge >= 0.3 is 6.09 Å². The van der Waals surface area contributed by atoms with Gasteiger partial charge < -0.3 is 20.3 Å². The third-order valence-corrected chi connectivity index (χ3v) is 5.50. The van der Waals surface area contributed by atoms with Crippen molar-refractivity contribution in [2.45, 2.75) is 90.4 Å². The molecule has 7 nitrogen and oxygen atoms in total. The van der Waals surface area contributed by atoms with Crippen molar-refractivity contribution in [3.05, 3.63) is 35.4 Å². The summed E-state index contributed by atoms with van der Waals surface area (Å²) in [6.45, 7) is 8.67. The average Bonchev–Trinajstić information content (AvgIpc) is 2.75. The van der Waals surface area contributed by atoms with E-state index in [1.165, 1.54) is 11.3 Å². The highest BCUT2D eigenvalue weighted by atomic mass is 16.6. The molecule has 180 valence electrons. The van der Waals surface area contributed by atoms with Crippen LogP contribution in [0.15, 0.2) is 24.3 Å². The van der Waals surface area contributed by atoms with Crippen molar-refractivity contribution in [1.82, 2.24) is 15.5 Å². The maximum absolute atomic E-state index is 13.5. The lowest BCUT2D eigenvalue weighted by Crippen LogP contribution is -2.52. The first-order valence-electron chi connectivity index (χ1n) is 11.7. The molecule has 0 spiro atoms. The molecule has 0 radical (unpaired) electrons. The summed E-state index contributed by atoms with van der Waals surface area (Å²) in [5.74, 6) is 1.97. The fraction of sp³-hybridized carbons (Fsp3) is 0.577. The van der Waals surface area contributed by atoms with Gasteiger partial charge in [-0.2, -0.15) is 0 Å². The molecule has 33 heavy (non-hydrogen) atoms. The summed E-state index contributed by atoms with van der Waals surface area (Å²) in [7, 11) is 0. The van der Waals surface area contributed by atoms with Crippen LogP contribution in [-0.2, 0) is 14.3 Å². The topological polar surface area (TPSA) is 87.7 Å². The van der Waals surface area contributed by atoms with E-state index in [9.17, 15) is 14.4 Å². The first kappa shape index (κ1) is 26.2. The minimum absolute atomic E-state index is 0.0998. The molecule has 1 aromatic carbocycles. The number of ether oxygens (including phenoxy) is 1. The van der Waals surface area contributed by atoms with E-state index in [2.05, 4.69) is 16.6 Å². The summed E-state index contributed by atoms with van der Waals surface area (Å²) in [6.07, 6.45) is 10.0. The van der Waals surface area contributed by atoms with Crippen molar-refractivity contribution in [2.75, 3.05) is 6.54 Å². The smallest absolute Gasteiger partial charge is 0.408 e. The molecule has 2 N–H and O–H groups in total. The van der Waals surface area contributed by atoms with E-state index in [4.69, 9.17) is 11.2 Å². The van der Waals surface area contributed by atoms with Crippen LogP contribution in [0.1, 0.15) is 83.9 Å². The van der Waals surface area contributed by atoms with Crippen LogP contribution in [0.5, 0.6) is 0 Å². The van der Waals surface area contributed by atoms with E-state index in [0.29, 0.717) is 11.1 Å². The van der Waals surface area contributed by atoms with E-state index >= 15 is 0 Å². The van der Waals surface area contributed by atoms with Crippen molar-refractivity contribution in [1.29, 1.82) is 0 Å². The van der Waals surface area contributed by atoms with Crippen molar-refractivity contribution in [2.24, 2.45) is 0 Å². The van der Waals surface area contributed by atoms with Crippen LogP contribution in [0.3, 0.4) is 0 Å². The van der Waals surface area contributed by atoms with Gasteiger partial charge in [-0.05, 0) is 65.2 Å². The SMILES string of the molecule is C#Cc1ccc(C(C(=O)NC2CCCCC2)N(C(=O)CNC(=O)OC(C)(C)C)C(C)C)cc1. The second-order valence-corrected chi connectivity index (χ2v) is 9.76. The molecular formula is C26H37N3O4. The van der Waals surface area contributed by atoms with Crippen LogP contribution in [0, 0.1) is 12.3 Å². The summed E-state index contributed by atoms with van der Waals surface area (Å²) < 4.78 is 5.23. The fourth-order valence-corrected chi connectivity index (χ4v) is 4.01. The second-order valence-electron chi connectivity index (χ2n) is 9.76. The lowest BCUT2D eigenvalue weighted by Gasteiger charge is -2.36. The maximum Gasteiger partial charge on any atom is 0.408 e. The van der Waals surface area contributed by atoms with Gasteiger partial charge in [0.05, 0.1) is 0 Å². The zero-order valence-corrected chi connectivity index (χ0v) is 20.4. The molecular weight excluding hydrogens is 418 g/mol. The number of carbonyl (C=O) groups excluding carboxylic acids is 3. The largest absolute Gasteiger partial charge is 0.444 e. The van der Waals surface area contributed by atoms with Gasteiger partial charge in [0, 0.05) is 17.6 Å². The highest BCUT2D eigenvalue weighted by Gasteiger charge is 2.34. The van der Waals surface area contributed by atoms with Crippen molar-refractivity contribution in [3.63, 3.8) is 0 Å². The normalized spacial score (nSPS) is 15.3. The summed E-state index contributed by atoms with van der Waals surface area (Å²) in [4.78, 5) is 40.3. The van der Waals surface area contributed by atoms with Gasteiger partial charge in [0.25, 0.3) is 0 Å². The lowest BCUT2D eigenvalue weighted by atomic mass is 9.94. The average molecular weight is 456 g/mol. The Morgan fingerprint density at radius 3 is 2.24 bits per heavy atom. The van der Waals surface area contributed by atoms with Crippen molar-refractivity contribution in [3.8, 4) is 12.3 Å². The van der Waals surface area contributed by atoms with Gasteiger partial charge in [-0.25, -0.2) is 4.79 Å². The Kier molecular flexibility index (Phi) is 9.33. The van der Waals surface area contributed by atoms with Crippen LogP contribution in [0.2, 0.25) is 0 Å². The summed E-state index contributed by atoms with van der Waals surface area (Å²) in [6, 6.07) is 6.06. The first-order valence-corrected chi connectivity index (χ1v) is 11.7. The Labute approximate surface area is 197 Å². The predicted octanol–water partition coefficient (Wildman–Crippen LogP) is 3.92. The number of benzene rings is 1. The number of rotatable bonds is 7. The van der Waals surface area contributed by atoms with Gasteiger partial charge in [-0.3, -0.25) is 9.59 Å². The molecule has 0 aliphatic heterocycles. The Hall–Kier alpha value is -3.01. The van der Waals surface area contributed by atoms with E-state index in [-0.39, 0.29) is 30.4 Å². The third kappa shape index (κ3) is 8.12. The molecule has 2 rings (SSSR count). The van der Waals surface area contributed by atoms with Crippen molar-refractivity contribution < 1.29 is 19.1 Å². The number of carbonyl (C=O) groups is 3. The summed E-state index contributed by atoms with van der Waals surface area (Å²) in [5, 5.41) is 5.66. The van der Waals surface area contributed by atoms with E-state index in [1.807, 2.05) is 13.8 Å². The molecule has 1 atom stereocenters. The van der Waals surface area contributed by atoms with Gasteiger partial charge in [0.15, 0.2) is 0 Å². The fourth-order valence-electron chi connectivity index (χ4n) is 4.01. The minimum atomic E-state index is -0.841. The lowest BCUT2D eigenvalue weighted by molar-refractivity contribution is -0.142. The summed E-state index contributed by atoms with van der Waals surface area (Å²) >= 11 is 0. The second kappa shape index (κ2) is 11.7. The molecule has 1 saturated carbocycles. The molecule has 0 bridgehead atoms. The highest BCUT2D eigenvalue weighted by molar-refractivity contribution is 5.90. The number of amides is 3. The number of hydrogen-bond donors (Lipinski definition) is 2. The monoisotopic (exact) mass is 455 g/mol. The maximum atomic E-state index is 13.5. The molecule has 0 aromatic heterocycles. The van der Waals surface area contributed by atoms with Crippen LogP contribution in [0.4, 0.5) is 4.79 Å². The zero-order valence-electron chi connectivity index (χ0n) is 20.4. The minimum Gasteiger partial charge on any atom is -0.444 e. The number of alkyl carbamates (subject to hydrolysis) is 1. The van der Waals surface area contributed by atoms with Crippen LogP contribution >= 0.6 is 0 Å². The molecule has 1 unspecified atom stereocenters. The molecule has 7 heteroatoms. The predicted molar refractivity (Wildman–Crippen MR) is 128 cm³/mol. The molecule has 1 aliphatic rings. The Bertz CT molecular complexity index is 859. The number of nitrogens with one attached hydrogen (secondary N) is 2. The molecule has 1 fully saturated rings. The van der Waals surface area contributed by atoms with Gasteiger partial charge in [-0.1, -0.05) is 37.3 Å². The van der Waals surface area contributed by atoms with Gasteiger partial charge in [0.1, 0.15) is 18.2 Å². The Morgan fingerprint density at radius 2 is 1.73 bits per heavy atom. The van der Waals surface area contributed by atoms with Crippen LogP contribution < -0.4 is 10.6 Å². The summed E-state index contributed by atoms with van der Waals surface area (Å²) in [5.41, 5.74) is 0.687. The van der Waals surface area contributed by atoms with Gasteiger partial charge in [-0.15, -0.1) is 6.42 Å². The highest BCUT2D eigenvalue weighted by Crippen LogP contribution is 2.26. The van der Waals surface area contributed by atoms with E-state index in [1.54, 1.807) is 45.0 Å². The molecule has 1 aromatic rings. The van der Waals surface area contributed by atoms with E-state index < -0.39 is 17.7 Å². The quantitative estimate of drug-likeness (QED) is 0.610. The number of nitrogens with zero attached hydrogens (tertiary/aromatic N) is 1. The van der Waals surface area contributed by atoms with Crippen LogP contribution in [-0.4, -0.2) is 47.0 Å². The van der Waals surface area contributed by atoms with Gasteiger partial charge in [0.2, 0.25) is 11.8 Å². The molecule has 0 heterocycles. The standard InChI is InChI=1S/C26H37N3O4/c1-7-19-13-15-20(16-14-19)23(24(31)28-21-11-9-8-10-12-21)29(18(2)3)22(30)17-27-25(32)33-26(4,5)6/h1,13-16,18,21,23H,8-12,17H2,2-6H3,(H,27,32)(H,28,31). The van der Waals surface area contributed by atoms with Crippen molar-refractivity contribution >= 4 is 17.9 Å². The van der Waals surface area contributed by atoms with Crippen LogP contribution in [0.25, 0.3) is 0 Å². The molecule has 3 amide bonds. The van der Waals surface area contributed by atoms with E-state index in [0.717, 1.165) is 25.7 Å². The zero-order chi connectivity index (χ0) is 24.6.